The number of benzene rings is 1. The molecule has 114 valence electrons. The Labute approximate surface area is 128 Å². The van der Waals surface area contributed by atoms with E-state index >= 15 is 0 Å². The first-order valence-electron chi connectivity index (χ1n) is 7.09. The number of carboxylic acids is 1. The molecule has 6 heteroatoms. The number of amides is 1. The fraction of sp³-hybridized carbons (Fsp3) is 0.467. The summed E-state index contributed by atoms with van der Waals surface area (Å²) in [6.07, 6.45) is 3.54. The number of rotatable bonds is 5. The quantitative estimate of drug-likeness (QED) is 0.781. The lowest BCUT2D eigenvalue weighted by molar-refractivity contribution is -0.116. The van der Waals surface area contributed by atoms with Crippen molar-refractivity contribution in [2.45, 2.75) is 25.7 Å². The van der Waals surface area contributed by atoms with E-state index in [4.69, 9.17) is 16.7 Å². The molecule has 1 fully saturated rings. The molecule has 1 aliphatic heterocycles. The van der Waals surface area contributed by atoms with Gasteiger partial charge in [-0.25, -0.2) is 4.79 Å². The third-order valence-electron chi connectivity index (χ3n) is 3.72. The fourth-order valence-electron chi connectivity index (χ4n) is 2.50. The van der Waals surface area contributed by atoms with Crippen LogP contribution in [0, 0.1) is 5.92 Å². The van der Waals surface area contributed by atoms with Gasteiger partial charge >= 0.3 is 5.97 Å². The minimum atomic E-state index is -1.11. The van der Waals surface area contributed by atoms with Crippen molar-refractivity contribution in [1.29, 1.82) is 0 Å². The summed E-state index contributed by atoms with van der Waals surface area (Å²) in [7, 11) is 0. The average Bonchev–Trinajstić information content (AvgIpc) is 2.48. The molecule has 0 aliphatic carbocycles. The molecule has 3 N–H and O–H groups in total. The molecule has 0 atom stereocenters. The molecule has 1 aromatic rings. The molecule has 1 saturated heterocycles. The number of piperidine rings is 1. The van der Waals surface area contributed by atoms with E-state index in [9.17, 15) is 9.59 Å². The van der Waals surface area contributed by atoms with Crippen LogP contribution < -0.4 is 10.6 Å². The normalized spacial score (nSPS) is 15.7. The number of carbonyl (C=O) groups excluding carboxylic acids is 1. The molecule has 0 bridgehead atoms. The van der Waals surface area contributed by atoms with Crippen LogP contribution in [0.3, 0.4) is 0 Å². The van der Waals surface area contributed by atoms with E-state index in [1.54, 1.807) is 6.07 Å². The molecule has 1 heterocycles. The molecule has 0 aromatic heterocycles. The Bertz CT molecular complexity index is 528. The Hall–Kier alpha value is -1.59. The smallest absolute Gasteiger partial charge is 0.337 e. The minimum Gasteiger partial charge on any atom is -0.478 e. The van der Waals surface area contributed by atoms with Crippen molar-refractivity contribution >= 4 is 29.2 Å². The zero-order valence-corrected chi connectivity index (χ0v) is 12.4. The van der Waals surface area contributed by atoms with Gasteiger partial charge in [0.2, 0.25) is 5.91 Å². The van der Waals surface area contributed by atoms with Crippen LogP contribution in [0.1, 0.15) is 36.0 Å². The standard InChI is InChI=1S/C15H19ClN2O3/c16-13-3-2-11(9-12(13)15(20)21)18-14(19)4-1-10-5-7-17-8-6-10/h2-3,9-10,17H,1,4-8H2,(H,18,19)(H,20,21). The van der Waals surface area contributed by atoms with Crippen LogP contribution in [-0.2, 0) is 4.79 Å². The van der Waals surface area contributed by atoms with Crippen LogP contribution in [0.4, 0.5) is 5.69 Å². The number of carboxylic acid groups (broad SMARTS) is 1. The maximum atomic E-state index is 11.9. The van der Waals surface area contributed by atoms with Crippen molar-refractivity contribution in [2.24, 2.45) is 5.92 Å². The molecule has 0 radical (unpaired) electrons. The first-order valence-corrected chi connectivity index (χ1v) is 7.47. The molecule has 2 rings (SSSR count). The van der Waals surface area contributed by atoms with E-state index in [2.05, 4.69) is 10.6 Å². The van der Waals surface area contributed by atoms with Gasteiger partial charge in [-0.3, -0.25) is 4.79 Å². The molecule has 1 amide bonds. The summed E-state index contributed by atoms with van der Waals surface area (Å²) in [5.41, 5.74) is 0.458. The Kier molecular flexibility index (Phi) is 5.59. The second-order valence-corrected chi connectivity index (χ2v) is 5.69. The summed E-state index contributed by atoms with van der Waals surface area (Å²) < 4.78 is 0. The van der Waals surface area contributed by atoms with Crippen molar-refractivity contribution in [3.8, 4) is 0 Å². The van der Waals surface area contributed by atoms with Crippen molar-refractivity contribution in [2.75, 3.05) is 18.4 Å². The van der Waals surface area contributed by atoms with Crippen molar-refractivity contribution in [3.05, 3.63) is 28.8 Å². The molecule has 0 saturated carbocycles. The van der Waals surface area contributed by atoms with E-state index in [0.29, 0.717) is 18.0 Å². The summed E-state index contributed by atoms with van der Waals surface area (Å²) >= 11 is 5.79. The van der Waals surface area contributed by atoms with E-state index in [0.717, 1.165) is 32.4 Å². The van der Waals surface area contributed by atoms with Crippen molar-refractivity contribution in [1.82, 2.24) is 5.32 Å². The van der Waals surface area contributed by atoms with Gasteiger partial charge < -0.3 is 15.7 Å². The lowest BCUT2D eigenvalue weighted by Gasteiger charge is -2.22. The van der Waals surface area contributed by atoms with Gasteiger partial charge in [-0.1, -0.05) is 11.6 Å². The number of nitrogens with one attached hydrogen (secondary N) is 2. The fourth-order valence-corrected chi connectivity index (χ4v) is 2.69. The van der Waals surface area contributed by atoms with Crippen LogP contribution in [0.25, 0.3) is 0 Å². The number of anilines is 1. The summed E-state index contributed by atoms with van der Waals surface area (Å²) in [5.74, 6) is -0.602. The first kappa shape index (κ1) is 15.8. The zero-order valence-electron chi connectivity index (χ0n) is 11.7. The highest BCUT2D eigenvalue weighted by Gasteiger charge is 2.15. The Balaban J connectivity index is 1.87. The monoisotopic (exact) mass is 310 g/mol. The Morgan fingerprint density at radius 2 is 2.05 bits per heavy atom. The number of hydrogen-bond acceptors (Lipinski definition) is 3. The molecule has 0 unspecified atom stereocenters. The second-order valence-electron chi connectivity index (χ2n) is 5.28. The third-order valence-corrected chi connectivity index (χ3v) is 4.05. The highest BCUT2D eigenvalue weighted by molar-refractivity contribution is 6.33. The van der Waals surface area contributed by atoms with Gasteiger partial charge in [-0.15, -0.1) is 0 Å². The summed E-state index contributed by atoms with van der Waals surface area (Å²) in [6, 6.07) is 4.47. The molecular weight excluding hydrogens is 292 g/mol. The largest absolute Gasteiger partial charge is 0.478 e. The highest BCUT2D eigenvalue weighted by Crippen LogP contribution is 2.22. The van der Waals surface area contributed by atoms with Crippen molar-refractivity contribution < 1.29 is 14.7 Å². The summed E-state index contributed by atoms with van der Waals surface area (Å²) in [6.45, 7) is 2.04. The van der Waals surface area contributed by atoms with E-state index < -0.39 is 5.97 Å². The van der Waals surface area contributed by atoms with Crippen LogP contribution in [-0.4, -0.2) is 30.1 Å². The van der Waals surface area contributed by atoms with Crippen LogP contribution in [0.5, 0.6) is 0 Å². The van der Waals surface area contributed by atoms with Crippen LogP contribution >= 0.6 is 11.6 Å². The van der Waals surface area contributed by atoms with E-state index in [1.807, 2.05) is 0 Å². The number of aromatic carboxylic acids is 1. The molecule has 5 nitrogen and oxygen atoms in total. The Morgan fingerprint density at radius 1 is 1.33 bits per heavy atom. The molecule has 0 spiro atoms. The third kappa shape index (κ3) is 4.72. The molecule has 21 heavy (non-hydrogen) atoms. The minimum absolute atomic E-state index is 0.00665. The van der Waals surface area contributed by atoms with E-state index in [1.165, 1.54) is 12.1 Å². The topological polar surface area (TPSA) is 78.4 Å². The average molecular weight is 311 g/mol. The van der Waals surface area contributed by atoms with Gasteiger partial charge in [-0.05, 0) is 56.5 Å². The van der Waals surface area contributed by atoms with Gasteiger partial charge in [-0.2, -0.15) is 0 Å². The highest BCUT2D eigenvalue weighted by atomic mass is 35.5. The second kappa shape index (κ2) is 7.43. The molecule has 1 aliphatic rings. The number of halogens is 1. The van der Waals surface area contributed by atoms with E-state index in [-0.39, 0.29) is 16.5 Å². The maximum absolute atomic E-state index is 11.9. The van der Waals surface area contributed by atoms with Gasteiger partial charge in [0.25, 0.3) is 0 Å². The molecule has 1 aromatic carbocycles. The van der Waals surface area contributed by atoms with Gasteiger partial charge in [0, 0.05) is 12.1 Å². The maximum Gasteiger partial charge on any atom is 0.337 e. The number of hydrogen-bond donors (Lipinski definition) is 3. The van der Waals surface area contributed by atoms with Crippen molar-refractivity contribution in [3.63, 3.8) is 0 Å². The van der Waals surface area contributed by atoms with Crippen LogP contribution in [0.15, 0.2) is 18.2 Å². The predicted octanol–water partition coefficient (Wildman–Crippen LogP) is 2.76. The SMILES string of the molecule is O=C(CCC1CCNCC1)Nc1ccc(Cl)c(C(=O)O)c1. The molecular formula is C15H19ClN2O3. The Morgan fingerprint density at radius 3 is 2.71 bits per heavy atom. The van der Waals surface area contributed by atoms with Gasteiger partial charge in [0.05, 0.1) is 10.6 Å². The van der Waals surface area contributed by atoms with Gasteiger partial charge in [0.15, 0.2) is 0 Å². The predicted molar refractivity (Wildman–Crippen MR) is 81.9 cm³/mol. The summed E-state index contributed by atoms with van der Waals surface area (Å²) in [5, 5.41) is 15.2. The first-order chi connectivity index (χ1) is 10.1. The number of carbonyl (C=O) groups is 2. The lowest BCUT2D eigenvalue weighted by atomic mass is 9.93. The zero-order chi connectivity index (χ0) is 15.2. The van der Waals surface area contributed by atoms with Crippen LogP contribution in [0.2, 0.25) is 5.02 Å². The lowest BCUT2D eigenvalue weighted by Crippen LogP contribution is -2.28. The summed E-state index contributed by atoms with van der Waals surface area (Å²) in [4.78, 5) is 22.9. The van der Waals surface area contributed by atoms with Gasteiger partial charge in [0.1, 0.15) is 0 Å².